The Balaban J connectivity index is 0.000000755. The highest BCUT2D eigenvalue weighted by Crippen LogP contribution is 2.37. The molecule has 0 spiro atoms. The summed E-state index contributed by atoms with van der Waals surface area (Å²) in [6.07, 6.45) is 1.43. The molecule has 0 aliphatic carbocycles. The minimum atomic E-state index is 0.413. The largest absolute Gasteiger partial charge is 0.496 e. The van der Waals surface area contributed by atoms with E-state index in [-0.39, 0.29) is 0 Å². The molecular formula is C22H22BrN5O. The third-order valence-electron chi connectivity index (χ3n) is 4.17. The molecule has 6 nitrogen and oxygen atoms in total. The van der Waals surface area contributed by atoms with Crippen molar-refractivity contribution in [2.75, 3.05) is 26.9 Å². The minimum absolute atomic E-state index is 0.413. The molecule has 148 valence electrons. The Morgan fingerprint density at radius 3 is 2.34 bits per heavy atom. The van der Waals surface area contributed by atoms with E-state index in [1.807, 2.05) is 68.7 Å². The summed E-state index contributed by atoms with van der Waals surface area (Å²) in [5, 5.41) is 3.48. The molecule has 0 bridgehead atoms. The first-order valence-electron chi connectivity index (χ1n) is 8.98. The summed E-state index contributed by atoms with van der Waals surface area (Å²) in [5.41, 5.74) is 10.4. The second-order valence-electron chi connectivity index (χ2n) is 6.23. The first-order chi connectivity index (χ1) is 14.1. The predicted molar refractivity (Wildman–Crippen MR) is 122 cm³/mol. The van der Waals surface area contributed by atoms with Crippen LogP contribution in [0.4, 0.5) is 5.82 Å². The molecule has 4 rings (SSSR count). The standard InChI is InChI=1S/C20H15BrN4O.C2H7N/c1-26-17-8-7-13(9-16(17)21)14-10-15-19(22)23-11-24-20(15)25-18(14)12-5-3-2-4-6-12;1-3-2/h2-11H,1H3,(H2,22,23,24,25);3H,1-2H3. The van der Waals surface area contributed by atoms with Gasteiger partial charge in [-0.05, 0) is 53.8 Å². The summed E-state index contributed by atoms with van der Waals surface area (Å²) < 4.78 is 6.21. The molecule has 0 aliphatic heterocycles. The molecule has 0 saturated carbocycles. The molecule has 0 fully saturated rings. The van der Waals surface area contributed by atoms with Gasteiger partial charge in [0.15, 0.2) is 5.65 Å². The van der Waals surface area contributed by atoms with Crippen molar-refractivity contribution in [2.24, 2.45) is 0 Å². The summed E-state index contributed by atoms with van der Waals surface area (Å²) in [7, 11) is 5.39. The van der Waals surface area contributed by atoms with Gasteiger partial charge in [-0.1, -0.05) is 36.4 Å². The number of hydrogen-bond acceptors (Lipinski definition) is 6. The van der Waals surface area contributed by atoms with Crippen LogP contribution in [0.25, 0.3) is 33.4 Å². The number of halogens is 1. The highest BCUT2D eigenvalue weighted by Gasteiger charge is 2.14. The van der Waals surface area contributed by atoms with Crippen molar-refractivity contribution in [3.05, 3.63) is 65.4 Å². The number of methoxy groups -OCH3 is 1. The van der Waals surface area contributed by atoms with Gasteiger partial charge < -0.3 is 15.8 Å². The lowest BCUT2D eigenvalue weighted by atomic mass is 9.98. The Morgan fingerprint density at radius 2 is 1.69 bits per heavy atom. The van der Waals surface area contributed by atoms with Gasteiger partial charge in [-0.2, -0.15) is 0 Å². The zero-order chi connectivity index (χ0) is 20.8. The number of anilines is 1. The SMILES string of the molecule is CNC.COc1ccc(-c2cc3c(N)ncnc3nc2-c2ccccc2)cc1Br. The number of nitrogens with one attached hydrogen (secondary N) is 1. The van der Waals surface area contributed by atoms with Gasteiger partial charge in [-0.3, -0.25) is 0 Å². The Morgan fingerprint density at radius 1 is 0.966 bits per heavy atom. The molecular weight excluding hydrogens is 430 g/mol. The fraction of sp³-hybridized carbons (Fsp3) is 0.136. The highest BCUT2D eigenvalue weighted by atomic mass is 79.9. The average Bonchev–Trinajstić information content (AvgIpc) is 2.74. The van der Waals surface area contributed by atoms with E-state index in [0.29, 0.717) is 11.5 Å². The third kappa shape index (κ3) is 4.52. The van der Waals surface area contributed by atoms with E-state index in [1.54, 1.807) is 7.11 Å². The van der Waals surface area contributed by atoms with Crippen molar-refractivity contribution in [3.8, 4) is 28.1 Å². The second-order valence-corrected chi connectivity index (χ2v) is 7.08. The number of pyridine rings is 1. The lowest BCUT2D eigenvalue weighted by molar-refractivity contribution is 0.412. The number of nitrogen functional groups attached to an aromatic ring is 1. The van der Waals surface area contributed by atoms with Gasteiger partial charge in [0, 0.05) is 11.1 Å². The first-order valence-corrected chi connectivity index (χ1v) is 9.77. The van der Waals surface area contributed by atoms with E-state index in [4.69, 9.17) is 15.5 Å². The quantitative estimate of drug-likeness (QED) is 0.475. The number of nitrogens with two attached hydrogens (primary N) is 1. The van der Waals surface area contributed by atoms with Crippen LogP contribution in [0, 0.1) is 0 Å². The van der Waals surface area contributed by atoms with E-state index < -0.39 is 0 Å². The minimum Gasteiger partial charge on any atom is -0.496 e. The summed E-state index contributed by atoms with van der Waals surface area (Å²) in [6.45, 7) is 0. The molecule has 0 atom stereocenters. The summed E-state index contributed by atoms with van der Waals surface area (Å²) in [4.78, 5) is 13.1. The smallest absolute Gasteiger partial charge is 0.165 e. The molecule has 0 radical (unpaired) electrons. The molecule has 2 aromatic heterocycles. The van der Waals surface area contributed by atoms with Crippen LogP contribution in [-0.2, 0) is 0 Å². The lowest BCUT2D eigenvalue weighted by Crippen LogP contribution is -1.98. The maximum absolute atomic E-state index is 6.05. The van der Waals surface area contributed by atoms with Crippen LogP contribution >= 0.6 is 15.9 Å². The maximum Gasteiger partial charge on any atom is 0.165 e. The van der Waals surface area contributed by atoms with Gasteiger partial charge >= 0.3 is 0 Å². The van der Waals surface area contributed by atoms with Crippen LogP contribution in [-0.4, -0.2) is 36.2 Å². The van der Waals surface area contributed by atoms with Gasteiger partial charge in [0.1, 0.15) is 17.9 Å². The van der Waals surface area contributed by atoms with Crippen molar-refractivity contribution in [3.63, 3.8) is 0 Å². The van der Waals surface area contributed by atoms with Crippen molar-refractivity contribution in [1.29, 1.82) is 0 Å². The number of aromatic nitrogens is 3. The number of benzene rings is 2. The van der Waals surface area contributed by atoms with Crippen LogP contribution in [0.5, 0.6) is 5.75 Å². The monoisotopic (exact) mass is 451 g/mol. The molecule has 4 aromatic rings. The van der Waals surface area contributed by atoms with Crippen molar-refractivity contribution < 1.29 is 4.74 Å². The average molecular weight is 452 g/mol. The second kappa shape index (κ2) is 9.45. The zero-order valence-electron chi connectivity index (χ0n) is 16.5. The number of fused-ring (bicyclic) bond motifs is 1. The van der Waals surface area contributed by atoms with Gasteiger partial charge in [-0.25, -0.2) is 15.0 Å². The number of rotatable bonds is 3. The molecule has 3 N–H and O–H groups in total. The Kier molecular flexibility index (Phi) is 6.74. The van der Waals surface area contributed by atoms with E-state index >= 15 is 0 Å². The van der Waals surface area contributed by atoms with Gasteiger partial charge in [0.2, 0.25) is 0 Å². The molecule has 0 amide bonds. The molecule has 29 heavy (non-hydrogen) atoms. The maximum atomic E-state index is 6.05. The molecule has 7 heteroatoms. The van der Waals surface area contributed by atoms with Crippen molar-refractivity contribution in [1.82, 2.24) is 20.3 Å². The van der Waals surface area contributed by atoms with Crippen molar-refractivity contribution >= 4 is 32.8 Å². The van der Waals surface area contributed by atoms with Crippen LogP contribution in [0.3, 0.4) is 0 Å². The molecule has 0 aliphatic rings. The van der Waals surface area contributed by atoms with E-state index in [0.717, 1.165) is 38.0 Å². The first kappa shape index (κ1) is 20.7. The van der Waals surface area contributed by atoms with Gasteiger partial charge in [0.25, 0.3) is 0 Å². The molecule has 2 heterocycles. The van der Waals surface area contributed by atoms with E-state index in [2.05, 4.69) is 31.2 Å². The summed E-state index contributed by atoms with van der Waals surface area (Å²) in [6, 6.07) is 17.9. The Hall–Kier alpha value is -3.03. The number of ether oxygens (including phenoxy) is 1. The third-order valence-corrected chi connectivity index (χ3v) is 4.78. The van der Waals surface area contributed by atoms with Crippen LogP contribution in [0.2, 0.25) is 0 Å². The Labute approximate surface area is 178 Å². The summed E-state index contributed by atoms with van der Waals surface area (Å²) >= 11 is 3.55. The predicted octanol–water partition coefficient (Wildman–Crippen LogP) is 4.55. The number of hydrogen-bond donors (Lipinski definition) is 2. The molecule has 2 aromatic carbocycles. The normalized spacial score (nSPS) is 10.3. The fourth-order valence-electron chi connectivity index (χ4n) is 2.88. The Bertz CT molecular complexity index is 1120. The highest BCUT2D eigenvalue weighted by molar-refractivity contribution is 9.10. The van der Waals surface area contributed by atoms with Gasteiger partial charge in [-0.15, -0.1) is 0 Å². The van der Waals surface area contributed by atoms with Gasteiger partial charge in [0.05, 0.1) is 22.7 Å². The van der Waals surface area contributed by atoms with Crippen LogP contribution in [0.15, 0.2) is 65.4 Å². The van der Waals surface area contributed by atoms with Crippen molar-refractivity contribution in [2.45, 2.75) is 0 Å². The summed E-state index contributed by atoms with van der Waals surface area (Å²) in [5.74, 6) is 1.18. The molecule has 0 saturated heterocycles. The zero-order valence-corrected chi connectivity index (χ0v) is 18.1. The number of nitrogens with zero attached hydrogens (tertiary/aromatic N) is 3. The van der Waals surface area contributed by atoms with E-state index in [1.165, 1.54) is 6.33 Å². The van der Waals surface area contributed by atoms with Crippen LogP contribution < -0.4 is 15.8 Å². The topological polar surface area (TPSA) is 86.0 Å². The fourth-order valence-corrected chi connectivity index (χ4v) is 3.42. The van der Waals surface area contributed by atoms with E-state index in [9.17, 15) is 0 Å². The molecule has 0 unspecified atom stereocenters. The van der Waals surface area contributed by atoms with Crippen LogP contribution in [0.1, 0.15) is 0 Å². The lowest BCUT2D eigenvalue weighted by Gasteiger charge is -2.13.